The van der Waals surface area contributed by atoms with Gasteiger partial charge in [0.25, 0.3) is 0 Å². The van der Waals surface area contributed by atoms with E-state index < -0.39 is 0 Å². The predicted molar refractivity (Wildman–Crippen MR) is 227 cm³/mol. The SMILES string of the molecule is CC1NC2CCC1C2.CCC.CCC(C)C(C(CC)OC)N(C)C(=O)CNC=O.COC(C(C)C(=O)NCCSN)C1CCCN1C=O.Cc1ccccc1. The van der Waals surface area contributed by atoms with Crippen LogP contribution in [0.25, 0.3) is 0 Å². The van der Waals surface area contributed by atoms with E-state index in [9.17, 15) is 19.2 Å². The average molecular weight is 795 g/mol. The van der Waals surface area contributed by atoms with E-state index in [2.05, 4.69) is 69.6 Å². The lowest BCUT2D eigenvalue weighted by Crippen LogP contribution is -2.51. The topological polar surface area (TPSA) is 155 Å². The van der Waals surface area contributed by atoms with Crippen LogP contribution in [-0.4, -0.2) is 117 Å². The lowest BCUT2D eigenvalue weighted by atomic mass is 9.91. The fourth-order valence-electron chi connectivity index (χ4n) is 7.41. The van der Waals surface area contributed by atoms with Crippen LogP contribution >= 0.6 is 11.9 Å². The molecule has 1 saturated carbocycles. The minimum Gasteiger partial charge on any atom is -0.379 e. The Hall–Kier alpha value is -2.71. The van der Waals surface area contributed by atoms with Crippen LogP contribution in [0.1, 0.15) is 105 Å². The number of rotatable bonds is 17. The zero-order chi connectivity index (χ0) is 41.8. The van der Waals surface area contributed by atoms with Crippen LogP contribution in [0.15, 0.2) is 30.3 Å². The van der Waals surface area contributed by atoms with Crippen LogP contribution in [0.2, 0.25) is 0 Å². The molecule has 9 unspecified atom stereocenters. The van der Waals surface area contributed by atoms with E-state index >= 15 is 0 Å². The minimum absolute atomic E-state index is 0.00728. The summed E-state index contributed by atoms with van der Waals surface area (Å²) in [5, 5.41) is 14.1. The Bertz CT molecular complexity index is 1150. The van der Waals surface area contributed by atoms with Crippen molar-refractivity contribution in [2.75, 3.05) is 46.7 Å². The van der Waals surface area contributed by atoms with Crippen molar-refractivity contribution in [2.45, 2.75) is 143 Å². The van der Waals surface area contributed by atoms with Gasteiger partial charge in [-0.1, -0.05) is 102 Å². The second-order valence-corrected chi connectivity index (χ2v) is 15.6. The highest BCUT2D eigenvalue weighted by Crippen LogP contribution is 2.34. The van der Waals surface area contributed by atoms with Gasteiger partial charge >= 0.3 is 0 Å². The number of likely N-dealkylation sites (N-methyl/N-ethyl adjacent to an activating group) is 1. The molecule has 4 rings (SSSR count). The van der Waals surface area contributed by atoms with Gasteiger partial charge in [0.15, 0.2) is 0 Å². The number of nitrogens with two attached hydrogens (primary N) is 1. The first-order valence-corrected chi connectivity index (χ1v) is 21.5. The zero-order valence-corrected chi connectivity index (χ0v) is 36.9. The third-order valence-corrected chi connectivity index (χ3v) is 11.1. The monoisotopic (exact) mass is 795 g/mol. The fraction of sp³-hybridized carbons (Fsp3) is 0.762. The number of piperidine rings is 1. The molecule has 1 aromatic carbocycles. The molecule has 1 aromatic rings. The molecule has 4 amide bonds. The Kier molecular flexibility index (Phi) is 29.8. The maximum absolute atomic E-state index is 12.0. The highest BCUT2D eigenvalue weighted by Gasteiger charge is 2.37. The van der Waals surface area contributed by atoms with Crippen LogP contribution in [-0.2, 0) is 28.7 Å². The summed E-state index contributed by atoms with van der Waals surface area (Å²) in [4.78, 5) is 48.6. The van der Waals surface area contributed by atoms with Gasteiger partial charge in [-0.25, -0.2) is 0 Å². The van der Waals surface area contributed by atoms with Gasteiger partial charge in [-0.05, 0) is 64.2 Å². The largest absolute Gasteiger partial charge is 0.379 e. The highest BCUT2D eigenvalue weighted by molar-refractivity contribution is 7.97. The molecule has 2 heterocycles. The van der Waals surface area contributed by atoms with Gasteiger partial charge < -0.3 is 35.2 Å². The van der Waals surface area contributed by atoms with E-state index in [4.69, 9.17) is 14.6 Å². The Morgan fingerprint density at radius 3 is 2.11 bits per heavy atom. The number of nitrogens with one attached hydrogen (secondary N) is 3. The Morgan fingerprint density at radius 2 is 1.71 bits per heavy atom. The number of nitrogens with zero attached hydrogens (tertiary/aromatic N) is 2. The summed E-state index contributed by atoms with van der Waals surface area (Å²) >= 11 is 1.20. The maximum atomic E-state index is 12.0. The van der Waals surface area contributed by atoms with Crippen LogP contribution in [0.4, 0.5) is 0 Å². The standard InChI is InChI=1S/C13H26N2O3.C12H23N3O3S.C7H13N.C7H8.C3H8/c1-6-10(3)13(11(7-2)18-5)15(4)12(17)8-14-9-16;1-9(12(17)14-5-7-19-13)11(18-2)10-4-3-6-15(10)8-16;1-5-6-2-3-7(4-6)8-5;1-7-5-3-2-4-6-7;1-3-2/h9-11,13H,6-8H2,1-5H3,(H,14,16);8-11H,3-7,13H2,1-2H3,(H,14,17);5-8H,2-4H2,1H3;2-6H,1H3;3H2,1-2H3. The van der Waals surface area contributed by atoms with Crippen LogP contribution < -0.4 is 21.1 Å². The molecule has 1 aliphatic carbocycles. The summed E-state index contributed by atoms with van der Waals surface area (Å²) in [6.45, 7) is 18.1. The summed E-state index contributed by atoms with van der Waals surface area (Å²) in [7, 11) is 5.03. The van der Waals surface area contributed by atoms with Gasteiger partial charge in [0.2, 0.25) is 24.6 Å². The zero-order valence-electron chi connectivity index (χ0n) is 36.1. The van der Waals surface area contributed by atoms with E-state index in [0.29, 0.717) is 24.6 Å². The third kappa shape index (κ3) is 19.8. The Morgan fingerprint density at radius 1 is 1.05 bits per heavy atom. The summed E-state index contributed by atoms with van der Waals surface area (Å²) in [5.41, 5.74) is 1.32. The Labute approximate surface area is 338 Å². The number of carbonyl (C=O) groups excluding carboxylic acids is 4. The lowest BCUT2D eigenvalue weighted by molar-refractivity contribution is -0.136. The van der Waals surface area contributed by atoms with E-state index in [-0.39, 0.29) is 48.6 Å². The number of benzene rings is 1. The number of methoxy groups -OCH3 is 2. The van der Waals surface area contributed by atoms with E-state index in [1.54, 1.807) is 31.1 Å². The van der Waals surface area contributed by atoms with E-state index in [1.807, 2.05) is 32.0 Å². The predicted octanol–water partition coefficient (Wildman–Crippen LogP) is 5.57. The van der Waals surface area contributed by atoms with Crippen LogP contribution in [0.5, 0.6) is 0 Å². The van der Waals surface area contributed by atoms with Crippen molar-refractivity contribution in [1.29, 1.82) is 0 Å². The van der Waals surface area contributed by atoms with Crippen molar-refractivity contribution in [3.8, 4) is 0 Å². The van der Waals surface area contributed by atoms with Crippen LogP contribution in [0.3, 0.4) is 0 Å². The second-order valence-electron chi connectivity index (χ2n) is 14.9. The molecule has 3 aliphatic rings. The summed E-state index contributed by atoms with van der Waals surface area (Å²) in [5.74, 6) is 1.61. The van der Waals surface area contributed by atoms with Crippen molar-refractivity contribution >= 4 is 36.6 Å². The molecule has 2 saturated heterocycles. The first-order chi connectivity index (χ1) is 26.3. The van der Waals surface area contributed by atoms with Gasteiger partial charge in [0, 0.05) is 52.2 Å². The molecular formula is C42H78N6O6S. The van der Waals surface area contributed by atoms with Crippen molar-refractivity contribution in [2.24, 2.45) is 22.9 Å². The first kappa shape index (κ1) is 52.3. The summed E-state index contributed by atoms with van der Waals surface area (Å²) < 4.78 is 10.9. The molecule has 0 radical (unpaired) electrons. The number of hydrogen-bond donors (Lipinski definition) is 4. The molecule has 2 aliphatic heterocycles. The highest BCUT2D eigenvalue weighted by atomic mass is 32.2. The number of likely N-dealkylation sites (tertiary alicyclic amines) is 1. The number of amides is 4. The van der Waals surface area contributed by atoms with Gasteiger partial charge in [-0.3, -0.25) is 24.3 Å². The molecule has 9 atom stereocenters. The first-order valence-electron chi connectivity index (χ1n) is 20.4. The number of aryl methyl sites for hydroxylation is 1. The normalized spacial score (nSPS) is 21.9. The smallest absolute Gasteiger partial charge is 0.242 e. The number of fused-ring (bicyclic) bond motifs is 2. The van der Waals surface area contributed by atoms with Gasteiger partial charge in [0.05, 0.1) is 36.8 Å². The van der Waals surface area contributed by atoms with Crippen molar-refractivity contribution in [3.05, 3.63) is 35.9 Å². The third-order valence-electron chi connectivity index (χ3n) is 10.7. The molecule has 55 heavy (non-hydrogen) atoms. The summed E-state index contributed by atoms with van der Waals surface area (Å²) in [6, 6.07) is 12.0. The quantitative estimate of drug-likeness (QED) is 0.0901. The van der Waals surface area contributed by atoms with Gasteiger partial charge in [-0.2, -0.15) is 0 Å². The van der Waals surface area contributed by atoms with Crippen molar-refractivity contribution < 1.29 is 28.7 Å². The lowest BCUT2D eigenvalue weighted by Gasteiger charge is -2.37. The van der Waals surface area contributed by atoms with Crippen molar-refractivity contribution in [3.63, 3.8) is 0 Å². The average Bonchev–Trinajstić information content (AvgIpc) is 3.95. The number of hydrogen-bond acceptors (Lipinski definition) is 9. The van der Waals surface area contributed by atoms with E-state index in [1.165, 1.54) is 43.2 Å². The number of ether oxygens (including phenoxy) is 2. The van der Waals surface area contributed by atoms with Crippen LogP contribution in [0, 0.1) is 24.7 Å². The molecule has 3 fully saturated rings. The second kappa shape index (κ2) is 31.4. The molecule has 0 spiro atoms. The van der Waals surface area contributed by atoms with Gasteiger partial charge in [-0.15, -0.1) is 0 Å². The van der Waals surface area contributed by atoms with E-state index in [0.717, 1.165) is 56.6 Å². The molecule has 5 N–H and O–H groups in total. The van der Waals surface area contributed by atoms with Gasteiger partial charge in [0.1, 0.15) is 0 Å². The molecule has 318 valence electrons. The molecular weight excluding hydrogens is 717 g/mol. The molecule has 0 aromatic heterocycles. The number of carbonyl (C=O) groups is 4. The molecule has 12 nitrogen and oxygen atoms in total. The van der Waals surface area contributed by atoms with Crippen molar-refractivity contribution in [1.82, 2.24) is 25.8 Å². The summed E-state index contributed by atoms with van der Waals surface area (Å²) in [6.07, 6.45) is 10.4. The maximum Gasteiger partial charge on any atom is 0.242 e. The Balaban J connectivity index is 0.000000736. The fourth-order valence-corrected chi connectivity index (χ4v) is 7.63. The molecule has 2 bridgehead atoms. The minimum atomic E-state index is -0.293. The molecule has 13 heteroatoms.